The van der Waals surface area contributed by atoms with Crippen molar-refractivity contribution in [3.63, 3.8) is 0 Å². The number of methoxy groups -OCH3 is 1. The van der Waals surface area contributed by atoms with Crippen LogP contribution in [0.2, 0.25) is 19.6 Å². The lowest BCUT2D eigenvalue weighted by Crippen LogP contribution is -2.57. The molecule has 0 heterocycles. The van der Waals surface area contributed by atoms with Gasteiger partial charge >= 0.3 is 0 Å². The zero-order chi connectivity index (χ0) is 22.2. The van der Waals surface area contributed by atoms with Gasteiger partial charge in [-0.05, 0) is 110 Å². The Balaban J connectivity index is 1.56. The quantitative estimate of drug-likeness (QED) is 0.568. The van der Waals surface area contributed by atoms with Crippen LogP contribution in [0.15, 0.2) is 18.2 Å². The Bertz CT molecular complexity index is 847. The van der Waals surface area contributed by atoms with Gasteiger partial charge in [0.15, 0.2) is 8.32 Å². The minimum Gasteiger partial charge on any atom is -0.497 e. The third-order valence-electron chi connectivity index (χ3n) is 9.77. The Kier molecular flexibility index (Phi) is 5.20. The van der Waals surface area contributed by atoms with E-state index in [-0.39, 0.29) is 17.1 Å². The minimum atomic E-state index is -1.73. The summed E-state index contributed by atoms with van der Waals surface area (Å²) in [7, 11) is 0.0458. The van der Waals surface area contributed by atoms with Gasteiger partial charge in [-0.2, -0.15) is 0 Å². The van der Waals surface area contributed by atoms with E-state index in [2.05, 4.69) is 51.7 Å². The molecule has 3 saturated carbocycles. The predicted octanol–water partition coefficient (Wildman–Crippen LogP) is 6.16. The summed E-state index contributed by atoms with van der Waals surface area (Å²) in [5.74, 6) is 4.39. The molecule has 4 unspecified atom stereocenters. The highest BCUT2D eigenvalue weighted by molar-refractivity contribution is 6.69. The molecule has 5 rings (SSSR count). The zero-order valence-corrected chi connectivity index (χ0v) is 21.4. The number of aliphatic hydroxyl groups is 1. The van der Waals surface area contributed by atoms with Crippen LogP contribution in [0, 0.1) is 29.1 Å². The highest BCUT2D eigenvalue weighted by atomic mass is 28.4. The number of fused-ring (bicyclic) bond motifs is 7. The van der Waals surface area contributed by atoms with Crippen molar-refractivity contribution in [1.29, 1.82) is 0 Å². The van der Waals surface area contributed by atoms with Gasteiger partial charge in [-0.25, -0.2) is 0 Å². The van der Waals surface area contributed by atoms with Gasteiger partial charge in [-0.15, -0.1) is 0 Å². The van der Waals surface area contributed by atoms with E-state index >= 15 is 0 Å². The van der Waals surface area contributed by atoms with Gasteiger partial charge in [-0.1, -0.05) is 26.3 Å². The van der Waals surface area contributed by atoms with Crippen LogP contribution in [-0.4, -0.2) is 32.2 Å². The summed E-state index contributed by atoms with van der Waals surface area (Å²) in [4.78, 5) is 0. The number of hydrogen-bond acceptors (Lipinski definition) is 3. The Morgan fingerprint density at radius 2 is 1.97 bits per heavy atom. The molecule has 0 aromatic heterocycles. The van der Waals surface area contributed by atoms with Crippen molar-refractivity contribution < 1.29 is 14.3 Å². The van der Waals surface area contributed by atoms with Crippen LogP contribution in [0.4, 0.5) is 0 Å². The van der Waals surface area contributed by atoms with Gasteiger partial charge < -0.3 is 14.3 Å². The largest absolute Gasteiger partial charge is 0.497 e. The van der Waals surface area contributed by atoms with Gasteiger partial charge in [0.2, 0.25) is 0 Å². The van der Waals surface area contributed by atoms with E-state index < -0.39 is 8.32 Å². The number of hydrogen-bond donors (Lipinski definition) is 1. The fourth-order valence-corrected chi connectivity index (χ4v) is 10.4. The molecule has 4 aliphatic rings. The first-order valence-corrected chi connectivity index (χ1v) is 16.1. The van der Waals surface area contributed by atoms with Crippen molar-refractivity contribution in [3.05, 3.63) is 29.3 Å². The molecule has 0 spiro atoms. The van der Waals surface area contributed by atoms with Crippen LogP contribution in [0.25, 0.3) is 0 Å². The molecule has 3 nitrogen and oxygen atoms in total. The average molecular weight is 443 g/mol. The molecule has 1 N–H and O–H groups in total. The van der Waals surface area contributed by atoms with E-state index in [1.54, 1.807) is 12.7 Å². The molecule has 0 aliphatic heterocycles. The molecule has 1 aromatic rings. The number of rotatable bonds is 4. The molecule has 31 heavy (non-hydrogen) atoms. The summed E-state index contributed by atoms with van der Waals surface area (Å²) < 4.78 is 12.7. The predicted molar refractivity (Wildman–Crippen MR) is 128 cm³/mol. The summed E-state index contributed by atoms with van der Waals surface area (Å²) >= 11 is 0. The number of aliphatic hydroxyl groups excluding tert-OH is 1. The lowest BCUT2D eigenvalue weighted by Gasteiger charge is -2.57. The molecule has 1 aromatic carbocycles. The maximum atomic E-state index is 10.7. The smallest absolute Gasteiger partial charge is 0.184 e. The molecule has 0 radical (unpaired) electrons. The number of benzene rings is 1. The molecule has 4 aliphatic carbocycles. The minimum absolute atomic E-state index is 0.106. The Morgan fingerprint density at radius 3 is 2.65 bits per heavy atom. The van der Waals surface area contributed by atoms with Crippen molar-refractivity contribution in [1.82, 2.24) is 0 Å². The summed E-state index contributed by atoms with van der Waals surface area (Å²) in [5, 5.41) is 10.7. The fourth-order valence-electron chi connectivity index (χ4n) is 8.78. The lowest BCUT2D eigenvalue weighted by molar-refractivity contribution is -0.110. The Hall–Kier alpha value is -0.843. The Labute approximate surface area is 190 Å². The van der Waals surface area contributed by atoms with Crippen molar-refractivity contribution in [3.8, 4) is 5.75 Å². The maximum absolute atomic E-state index is 10.7. The standard InChI is InChI=1S/C27H42O3Si/c1-7-17-12-18-13-21(29-3)8-9-22(18)23-10-11-26(2)24(25(17)23)15-19-14-20(28)16-27(19,26)30-31(4,5)6/h8-9,13,17,19-20,23-25,28H,7,10-12,14-16H2,1-6H3/t17?,19-,20+,23?,24?,25?,26+,27+/m1/s1. The van der Waals surface area contributed by atoms with E-state index in [1.807, 2.05) is 0 Å². The third-order valence-corrected chi connectivity index (χ3v) is 10.7. The van der Waals surface area contributed by atoms with Crippen molar-refractivity contribution in [2.24, 2.45) is 29.1 Å². The highest BCUT2D eigenvalue weighted by Crippen LogP contribution is 2.71. The van der Waals surface area contributed by atoms with E-state index in [9.17, 15) is 5.11 Å². The van der Waals surface area contributed by atoms with Gasteiger partial charge in [0.1, 0.15) is 5.75 Å². The molecule has 0 saturated heterocycles. The van der Waals surface area contributed by atoms with Crippen molar-refractivity contribution in [2.75, 3.05) is 7.11 Å². The summed E-state index contributed by atoms with van der Waals surface area (Å²) in [5.41, 5.74) is 3.20. The van der Waals surface area contributed by atoms with Gasteiger partial charge in [0.05, 0.1) is 18.8 Å². The summed E-state index contributed by atoms with van der Waals surface area (Å²) in [6.45, 7) is 12.0. The topological polar surface area (TPSA) is 38.7 Å². The zero-order valence-electron chi connectivity index (χ0n) is 20.4. The molecular weight excluding hydrogens is 400 g/mol. The first-order chi connectivity index (χ1) is 14.6. The normalized spacial score (nSPS) is 43.7. The first-order valence-electron chi connectivity index (χ1n) is 12.7. The second-order valence-corrected chi connectivity index (χ2v) is 16.7. The average Bonchev–Trinajstić information content (AvgIpc) is 3.13. The third kappa shape index (κ3) is 3.19. The summed E-state index contributed by atoms with van der Waals surface area (Å²) in [6, 6.07) is 6.84. The molecule has 172 valence electrons. The molecule has 8 atom stereocenters. The molecule has 4 heteroatoms. The van der Waals surface area contributed by atoms with Gasteiger partial charge in [-0.3, -0.25) is 0 Å². The van der Waals surface area contributed by atoms with Crippen molar-refractivity contribution in [2.45, 2.75) is 96.1 Å². The second kappa shape index (κ2) is 7.33. The number of ether oxygens (including phenoxy) is 1. The molecule has 3 fully saturated rings. The summed E-state index contributed by atoms with van der Waals surface area (Å²) in [6.07, 6.45) is 7.79. The molecule has 0 bridgehead atoms. The molecule has 0 amide bonds. The van der Waals surface area contributed by atoms with Crippen LogP contribution in [0.5, 0.6) is 5.75 Å². The second-order valence-electron chi connectivity index (χ2n) is 12.3. The van der Waals surface area contributed by atoms with E-state index in [0.717, 1.165) is 30.4 Å². The van der Waals surface area contributed by atoms with Crippen LogP contribution in [-0.2, 0) is 10.8 Å². The Morgan fingerprint density at radius 1 is 1.19 bits per heavy atom. The first kappa shape index (κ1) is 22.0. The van der Waals surface area contributed by atoms with E-state index in [4.69, 9.17) is 9.16 Å². The van der Waals surface area contributed by atoms with Gasteiger partial charge in [0, 0.05) is 6.42 Å². The van der Waals surface area contributed by atoms with Gasteiger partial charge in [0.25, 0.3) is 0 Å². The fraction of sp³-hybridized carbons (Fsp3) is 0.778. The highest BCUT2D eigenvalue weighted by Gasteiger charge is 2.70. The van der Waals surface area contributed by atoms with Crippen LogP contribution in [0.3, 0.4) is 0 Å². The van der Waals surface area contributed by atoms with Crippen LogP contribution in [0.1, 0.15) is 69.4 Å². The SMILES string of the molecule is CCC1Cc2cc(OC)ccc2C2CC[C@@]3(C)C(C[C@H]4C[C@H](O)C[C@]43O[Si](C)(C)C)C12. The molecular formula is C27H42O3Si. The van der Waals surface area contributed by atoms with Crippen molar-refractivity contribution >= 4 is 8.32 Å². The maximum Gasteiger partial charge on any atom is 0.184 e. The van der Waals surface area contributed by atoms with E-state index in [0.29, 0.717) is 17.8 Å². The van der Waals surface area contributed by atoms with Crippen LogP contribution < -0.4 is 4.74 Å². The lowest BCUT2D eigenvalue weighted by atomic mass is 9.50. The van der Waals surface area contributed by atoms with E-state index in [1.165, 1.54) is 37.7 Å². The van der Waals surface area contributed by atoms with Crippen LogP contribution >= 0.6 is 0 Å². The monoisotopic (exact) mass is 442 g/mol.